The monoisotopic (exact) mass is 313 g/mol. The third-order valence-electron chi connectivity index (χ3n) is 3.74. The lowest BCUT2D eigenvalue weighted by Crippen LogP contribution is -2.47. The Kier molecular flexibility index (Phi) is 6.11. The Morgan fingerprint density at radius 3 is 2.30 bits per heavy atom. The average Bonchev–Trinajstić information content (AvgIpc) is 2.56. The standard InChI is InChI=1S/C18H23N3O2/c1-3-4-5-6-17(22)19-16-9-7-15(8-10-16)18(23)21-13-11-20(2)12-14-21/h3-10H,11-14H2,1-2H3,(H,19,22)/b4-3+,6-5+. The molecule has 2 rings (SSSR count). The number of carbonyl (C=O) groups is 2. The van der Waals surface area contributed by atoms with Crippen molar-refractivity contribution < 1.29 is 9.59 Å². The van der Waals surface area contributed by atoms with Crippen molar-refractivity contribution >= 4 is 17.5 Å². The molecule has 0 radical (unpaired) electrons. The number of benzene rings is 1. The Labute approximate surface area is 137 Å². The minimum Gasteiger partial charge on any atom is -0.336 e. The van der Waals surface area contributed by atoms with Crippen LogP contribution in [0.5, 0.6) is 0 Å². The number of nitrogens with one attached hydrogen (secondary N) is 1. The molecule has 1 saturated heterocycles. The van der Waals surface area contributed by atoms with Gasteiger partial charge < -0.3 is 15.1 Å². The number of hydrogen-bond acceptors (Lipinski definition) is 3. The van der Waals surface area contributed by atoms with Gasteiger partial charge in [0.25, 0.3) is 5.91 Å². The van der Waals surface area contributed by atoms with Gasteiger partial charge >= 0.3 is 0 Å². The van der Waals surface area contributed by atoms with Crippen molar-refractivity contribution in [2.75, 3.05) is 38.5 Å². The Morgan fingerprint density at radius 1 is 1.04 bits per heavy atom. The van der Waals surface area contributed by atoms with E-state index >= 15 is 0 Å². The predicted molar refractivity (Wildman–Crippen MR) is 92.4 cm³/mol. The highest BCUT2D eigenvalue weighted by Crippen LogP contribution is 2.13. The van der Waals surface area contributed by atoms with Crippen LogP contribution in [0.1, 0.15) is 17.3 Å². The summed E-state index contributed by atoms with van der Waals surface area (Å²) in [5, 5.41) is 2.76. The summed E-state index contributed by atoms with van der Waals surface area (Å²) >= 11 is 0. The number of amides is 2. The molecule has 1 N–H and O–H groups in total. The third kappa shape index (κ3) is 5.07. The second-order valence-corrected chi connectivity index (χ2v) is 5.55. The van der Waals surface area contributed by atoms with Crippen LogP contribution in [0.4, 0.5) is 5.69 Å². The Hall–Kier alpha value is -2.40. The maximum atomic E-state index is 12.4. The molecule has 0 saturated carbocycles. The summed E-state index contributed by atoms with van der Waals surface area (Å²) in [5.74, 6) is -0.148. The number of anilines is 1. The average molecular weight is 313 g/mol. The summed E-state index contributed by atoms with van der Waals surface area (Å²) in [6, 6.07) is 7.02. The Bertz CT molecular complexity index is 597. The van der Waals surface area contributed by atoms with Crippen molar-refractivity contribution in [3.63, 3.8) is 0 Å². The summed E-state index contributed by atoms with van der Waals surface area (Å²) in [5.41, 5.74) is 1.33. The molecule has 1 fully saturated rings. The lowest BCUT2D eigenvalue weighted by Gasteiger charge is -2.32. The maximum Gasteiger partial charge on any atom is 0.253 e. The summed E-state index contributed by atoms with van der Waals surface area (Å²) in [7, 11) is 2.06. The lowest BCUT2D eigenvalue weighted by molar-refractivity contribution is -0.111. The van der Waals surface area contributed by atoms with E-state index in [1.54, 1.807) is 36.4 Å². The Morgan fingerprint density at radius 2 is 1.70 bits per heavy atom. The van der Waals surface area contributed by atoms with E-state index in [-0.39, 0.29) is 11.8 Å². The quantitative estimate of drug-likeness (QED) is 0.684. The smallest absolute Gasteiger partial charge is 0.253 e. The molecule has 0 atom stereocenters. The van der Waals surface area contributed by atoms with Gasteiger partial charge in [-0.3, -0.25) is 9.59 Å². The van der Waals surface area contributed by atoms with Crippen LogP contribution in [-0.4, -0.2) is 54.8 Å². The molecule has 0 bridgehead atoms. The molecule has 1 aliphatic heterocycles. The summed E-state index contributed by atoms with van der Waals surface area (Å²) in [6.45, 7) is 5.20. The predicted octanol–water partition coefficient (Wildman–Crippen LogP) is 2.15. The first-order valence-electron chi connectivity index (χ1n) is 7.78. The maximum absolute atomic E-state index is 12.4. The van der Waals surface area contributed by atoms with Gasteiger partial charge in [0.05, 0.1) is 0 Å². The molecule has 122 valence electrons. The van der Waals surface area contributed by atoms with Gasteiger partial charge in [-0.25, -0.2) is 0 Å². The molecule has 1 heterocycles. The fourth-order valence-corrected chi connectivity index (χ4v) is 2.33. The number of hydrogen-bond donors (Lipinski definition) is 1. The van der Waals surface area contributed by atoms with Crippen LogP contribution < -0.4 is 5.32 Å². The van der Waals surface area contributed by atoms with Gasteiger partial charge in [-0.05, 0) is 38.2 Å². The van der Waals surface area contributed by atoms with Crippen LogP contribution >= 0.6 is 0 Å². The summed E-state index contributed by atoms with van der Waals surface area (Å²) in [4.78, 5) is 28.2. The molecule has 2 amide bonds. The number of rotatable bonds is 4. The second kappa shape index (κ2) is 8.29. The minimum absolute atomic E-state index is 0.0453. The van der Waals surface area contributed by atoms with Crippen LogP contribution in [0.25, 0.3) is 0 Å². The zero-order valence-corrected chi connectivity index (χ0v) is 13.7. The lowest BCUT2D eigenvalue weighted by atomic mass is 10.1. The number of likely N-dealkylation sites (N-methyl/N-ethyl adjacent to an activating group) is 1. The van der Waals surface area contributed by atoms with Crippen molar-refractivity contribution in [1.82, 2.24) is 9.80 Å². The topological polar surface area (TPSA) is 52.7 Å². The molecule has 5 nitrogen and oxygen atoms in total. The van der Waals surface area contributed by atoms with Gasteiger partial charge in [0.2, 0.25) is 5.91 Å². The van der Waals surface area contributed by atoms with E-state index in [1.165, 1.54) is 6.08 Å². The third-order valence-corrected chi connectivity index (χ3v) is 3.74. The number of piperazine rings is 1. The number of nitrogens with zero attached hydrogens (tertiary/aromatic N) is 2. The second-order valence-electron chi connectivity index (χ2n) is 5.55. The molecule has 1 aromatic carbocycles. The van der Waals surface area contributed by atoms with E-state index in [0.717, 1.165) is 26.2 Å². The molecule has 0 unspecified atom stereocenters. The van der Waals surface area contributed by atoms with Crippen LogP contribution in [0.2, 0.25) is 0 Å². The molecule has 5 heteroatoms. The SMILES string of the molecule is C/C=C/C=C/C(=O)Nc1ccc(C(=O)N2CCN(C)CC2)cc1. The normalized spacial score (nSPS) is 16.2. The zero-order chi connectivity index (χ0) is 16.7. The van der Waals surface area contributed by atoms with Gasteiger partial charge in [0.1, 0.15) is 0 Å². The molecular weight excluding hydrogens is 290 g/mol. The van der Waals surface area contributed by atoms with Crippen LogP contribution in [0.15, 0.2) is 48.6 Å². The van der Waals surface area contributed by atoms with Gasteiger partial charge in [-0.2, -0.15) is 0 Å². The number of allylic oxidation sites excluding steroid dienone is 3. The summed E-state index contributed by atoms with van der Waals surface area (Å²) < 4.78 is 0. The highest BCUT2D eigenvalue weighted by Gasteiger charge is 2.20. The summed E-state index contributed by atoms with van der Waals surface area (Å²) in [6.07, 6.45) is 6.78. The first-order valence-corrected chi connectivity index (χ1v) is 7.78. The number of carbonyl (C=O) groups excluding carboxylic acids is 2. The highest BCUT2D eigenvalue weighted by atomic mass is 16.2. The van der Waals surface area contributed by atoms with Gasteiger partial charge in [0.15, 0.2) is 0 Å². The van der Waals surface area contributed by atoms with Crippen LogP contribution in [0.3, 0.4) is 0 Å². The van der Waals surface area contributed by atoms with Crippen molar-refractivity contribution in [3.05, 3.63) is 54.1 Å². The van der Waals surface area contributed by atoms with Crippen molar-refractivity contribution in [2.45, 2.75) is 6.92 Å². The van der Waals surface area contributed by atoms with Gasteiger partial charge in [0, 0.05) is 43.5 Å². The van der Waals surface area contributed by atoms with E-state index < -0.39 is 0 Å². The van der Waals surface area contributed by atoms with Crippen molar-refractivity contribution in [2.24, 2.45) is 0 Å². The first kappa shape index (κ1) is 17.0. The van der Waals surface area contributed by atoms with Gasteiger partial charge in [-0.1, -0.05) is 18.2 Å². The van der Waals surface area contributed by atoms with Crippen molar-refractivity contribution in [1.29, 1.82) is 0 Å². The molecule has 1 aromatic rings. The fourth-order valence-electron chi connectivity index (χ4n) is 2.33. The molecular formula is C18H23N3O2. The van der Waals surface area contributed by atoms with E-state index in [0.29, 0.717) is 11.3 Å². The Balaban J connectivity index is 1.93. The van der Waals surface area contributed by atoms with E-state index in [4.69, 9.17) is 0 Å². The van der Waals surface area contributed by atoms with E-state index in [2.05, 4.69) is 17.3 Å². The van der Waals surface area contributed by atoms with Crippen LogP contribution in [-0.2, 0) is 4.79 Å². The zero-order valence-electron chi connectivity index (χ0n) is 13.7. The largest absolute Gasteiger partial charge is 0.336 e. The first-order chi connectivity index (χ1) is 11.1. The molecule has 0 aliphatic carbocycles. The van der Waals surface area contributed by atoms with E-state index in [1.807, 2.05) is 17.9 Å². The fraction of sp³-hybridized carbons (Fsp3) is 0.333. The molecule has 1 aliphatic rings. The molecule has 0 aromatic heterocycles. The van der Waals surface area contributed by atoms with Crippen LogP contribution in [0, 0.1) is 0 Å². The highest BCUT2D eigenvalue weighted by molar-refractivity contribution is 6.00. The van der Waals surface area contributed by atoms with Crippen molar-refractivity contribution in [3.8, 4) is 0 Å². The molecule has 0 spiro atoms. The van der Waals surface area contributed by atoms with Gasteiger partial charge in [-0.15, -0.1) is 0 Å². The van der Waals surface area contributed by atoms with E-state index in [9.17, 15) is 9.59 Å². The molecule has 23 heavy (non-hydrogen) atoms. The minimum atomic E-state index is -0.193.